The Balaban J connectivity index is 2.48. The standard InChI is InChI=1S/C15H21N7OS/c1-8-12(3-4-24-2)22-13(23-8)9-5-10(20-14(16)17)7-11(6-9)21-15(18)19/h5-7H,3-4H2,1-2H3,(H4,16,17,20)(H4,18,19,21). The number of thioether (sulfide) groups is 1. The van der Waals surface area contributed by atoms with Gasteiger partial charge in [0.15, 0.2) is 11.9 Å². The van der Waals surface area contributed by atoms with Crippen molar-refractivity contribution in [1.82, 2.24) is 4.98 Å². The fraction of sp³-hybridized carbons (Fsp3) is 0.267. The smallest absolute Gasteiger partial charge is 0.226 e. The van der Waals surface area contributed by atoms with Gasteiger partial charge in [0.1, 0.15) is 5.76 Å². The zero-order chi connectivity index (χ0) is 17.7. The third kappa shape index (κ3) is 4.66. The highest BCUT2D eigenvalue weighted by atomic mass is 32.2. The molecule has 0 amide bonds. The van der Waals surface area contributed by atoms with Gasteiger partial charge < -0.3 is 27.4 Å². The van der Waals surface area contributed by atoms with Gasteiger partial charge in [-0.25, -0.2) is 15.0 Å². The lowest BCUT2D eigenvalue weighted by Gasteiger charge is -2.03. The van der Waals surface area contributed by atoms with Crippen LogP contribution in [0.4, 0.5) is 11.4 Å². The van der Waals surface area contributed by atoms with Gasteiger partial charge in [-0.1, -0.05) is 0 Å². The highest BCUT2D eigenvalue weighted by molar-refractivity contribution is 7.98. The van der Waals surface area contributed by atoms with Crippen LogP contribution in [0.2, 0.25) is 0 Å². The van der Waals surface area contributed by atoms with Crippen LogP contribution in [-0.4, -0.2) is 28.9 Å². The van der Waals surface area contributed by atoms with E-state index in [-0.39, 0.29) is 11.9 Å². The summed E-state index contributed by atoms with van der Waals surface area (Å²) in [5.74, 6) is 2.11. The number of nitrogens with zero attached hydrogens (tertiary/aromatic N) is 3. The minimum absolute atomic E-state index is 0.0629. The third-order valence-corrected chi connectivity index (χ3v) is 3.71. The van der Waals surface area contributed by atoms with E-state index in [0.29, 0.717) is 22.8 Å². The number of aliphatic imine (C=N–C) groups is 2. The quantitative estimate of drug-likeness (QED) is 0.454. The van der Waals surface area contributed by atoms with E-state index >= 15 is 0 Å². The van der Waals surface area contributed by atoms with Crippen LogP contribution in [0.1, 0.15) is 11.5 Å². The molecule has 0 atom stereocenters. The van der Waals surface area contributed by atoms with Crippen LogP contribution in [0.25, 0.3) is 11.5 Å². The van der Waals surface area contributed by atoms with Crippen molar-refractivity contribution in [2.24, 2.45) is 32.9 Å². The summed E-state index contributed by atoms with van der Waals surface area (Å²) >= 11 is 1.76. The summed E-state index contributed by atoms with van der Waals surface area (Å²) in [7, 11) is 0. The first kappa shape index (κ1) is 17.7. The van der Waals surface area contributed by atoms with Crippen LogP contribution < -0.4 is 22.9 Å². The van der Waals surface area contributed by atoms with E-state index in [1.165, 1.54) is 0 Å². The average Bonchev–Trinajstić information content (AvgIpc) is 2.84. The Hall–Kier alpha value is -2.68. The molecule has 0 aliphatic heterocycles. The maximum atomic E-state index is 5.78. The van der Waals surface area contributed by atoms with E-state index in [4.69, 9.17) is 27.4 Å². The van der Waals surface area contributed by atoms with Gasteiger partial charge in [-0.15, -0.1) is 0 Å². The molecule has 8 nitrogen and oxygen atoms in total. The first-order chi connectivity index (χ1) is 11.4. The van der Waals surface area contributed by atoms with E-state index in [0.717, 1.165) is 23.6 Å². The molecule has 1 aromatic heterocycles. The average molecular weight is 347 g/mol. The first-order valence-electron chi connectivity index (χ1n) is 7.19. The molecule has 2 rings (SSSR count). The Morgan fingerprint density at radius 2 is 1.67 bits per heavy atom. The lowest BCUT2D eigenvalue weighted by Crippen LogP contribution is -2.22. The molecule has 128 valence electrons. The molecule has 0 fully saturated rings. The van der Waals surface area contributed by atoms with Gasteiger partial charge in [0.25, 0.3) is 0 Å². The maximum absolute atomic E-state index is 5.78. The molecule has 0 aliphatic carbocycles. The highest BCUT2D eigenvalue weighted by Crippen LogP contribution is 2.31. The van der Waals surface area contributed by atoms with Crippen molar-refractivity contribution >= 4 is 35.1 Å². The van der Waals surface area contributed by atoms with Gasteiger partial charge in [0.2, 0.25) is 5.89 Å². The van der Waals surface area contributed by atoms with Crippen LogP contribution in [-0.2, 0) is 6.42 Å². The summed E-state index contributed by atoms with van der Waals surface area (Å²) in [6.07, 6.45) is 2.89. The van der Waals surface area contributed by atoms with Crippen molar-refractivity contribution in [3.05, 3.63) is 29.7 Å². The number of benzene rings is 1. The van der Waals surface area contributed by atoms with Gasteiger partial charge in [-0.3, -0.25) is 0 Å². The van der Waals surface area contributed by atoms with Gasteiger partial charge >= 0.3 is 0 Å². The molecule has 0 unspecified atom stereocenters. The molecule has 1 aromatic carbocycles. The number of aromatic nitrogens is 1. The summed E-state index contributed by atoms with van der Waals surface area (Å²) < 4.78 is 5.78. The number of hydrogen-bond donors (Lipinski definition) is 4. The van der Waals surface area contributed by atoms with Crippen LogP contribution in [0, 0.1) is 6.92 Å². The second-order valence-corrected chi connectivity index (χ2v) is 6.06. The molecule has 0 spiro atoms. The molecule has 0 aliphatic rings. The zero-order valence-electron chi connectivity index (χ0n) is 13.6. The van der Waals surface area contributed by atoms with Crippen molar-refractivity contribution in [2.45, 2.75) is 13.3 Å². The van der Waals surface area contributed by atoms with E-state index in [2.05, 4.69) is 21.2 Å². The topological polar surface area (TPSA) is 155 Å². The summed E-state index contributed by atoms with van der Waals surface area (Å²) in [5, 5.41) is 0. The predicted octanol–water partition coefficient (Wildman–Crippen LogP) is 1.37. The number of guanidine groups is 2. The van der Waals surface area contributed by atoms with E-state index in [1.807, 2.05) is 6.92 Å². The minimum Gasteiger partial charge on any atom is -0.441 e. The molecular weight excluding hydrogens is 326 g/mol. The first-order valence-corrected chi connectivity index (χ1v) is 8.58. The molecule has 0 saturated heterocycles. The van der Waals surface area contributed by atoms with Crippen LogP contribution in [0.3, 0.4) is 0 Å². The summed E-state index contributed by atoms with van der Waals surface area (Å²) in [4.78, 5) is 12.6. The molecule has 1 heterocycles. The van der Waals surface area contributed by atoms with Crippen molar-refractivity contribution < 1.29 is 4.42 Å². The Morgan fingerprint density at radius 3 is 2.17 bits per heavy atom. The fourth-order valence-electron chi connectivity index (χ4n) is 2.13. The van der Waals surface area contributed by atoms with Crippen molar-refractivity contribution in [2.75, 3.05) is 12.0 Å². The lowest BCUT2D eigenvalue weighted by molar-refractivity contribution is 0.540. The molecule has 8 N–H and O–H groups in total. The molecule has 0 bridgehead atoms. The van der Waals surface area contributed by atoms with Gasteiger partial charge in [0.05, 0.1) is 17.1 Å². The van der Waals surface area contributed by atoms with Crippen molar-refractivity contribution in [1.29, 1.82) is 0 Å². The molecule has 0 saturated carbocycles. The lowest BCUT2D eigenvalue weighted by atomic mass is 10.1. The van der Waals surface area contributed by atoms with Gasteiger partial charge in [-0.05, 0) is 37.1 Å². The zero-order valence-corrected chi connectivity index (χ0v) is 14.4. The Morgan fingerprint density at radius 1 is 1.08 bits per heavy atom. The van der Waals surface area contributed by atoms with E-state index < -0.39 is 0 Å². The molecule has 0 radical (unpaired) electrons. The largest absolute Gasteiger partial charge is 0.441 e. The monoisotopic (exact) mass is 347 g/mol. The number of hydrogen-bond acceptors (Lipinski definition) is 5. The number of oxazole rings is 1. The fourth-order valence-corrected chi connectivity index (χ4v) is 2.53. The SMILES string of the molecule is CSCCc1nc(-c2cc(N=C(N)N)cc(N=C(N)N)c2)oc1C. The summed E-state index contributed by atoms with van der Waals surface area (Å²) in [5.41, 5.74) is 24.4. The molecule has 2 aromatic rings. The van der Waals surface area contributed by atoms with E-state index in [1.54, 1.807) is 30.0 Å². The molecule has 9 heteroatoms. The normalized spacial score (nSPS) is 10.4. The van der Waals surface area contributed by atoms with Crippen LogP contribution >= 0.6 is 11.8 Å². The molecule has 24 heavy (non-hydrogen) atoms. The van der Waals surface area contributed by atoms with Crippen LogP contribution in [0.15, 0.2) is 32.6 Å². The number of aryl methyl sites for hydroxylation is 2. The van der Waals surface area contributed by atoms with Gasteiger partial charge in [0, 0.05) is 12.0 Å². The number of rotatable bonds is 6. The summed E-state index contributed by atoms with van der Waals surface area (Å²) in [6.45, 7) is 1.89. The highest BCUT2D eigenvalue weighted by Gasteiger charge is 2.13. The van der Waals surface area contributed by atoms with Crippen molar-refractivity contribution in [3.63, 3.8) is 0 Å². The third-order valence-electron chi connectivity index (χ3n) is 3.10. The number of nitrogens with two attached hydrogens (primary N) is 4. The predicted molar refractivity (Wildman–Crippen MR) is 99.7 cm³/mol. The van der Waals surface area contributed by atoms with Crippen LogP contribution in [0.5, 0.6) is 0 Å². The Labute approximate surface area is 144 Å². The second-order valence-electron chi connectivity index (χ2n) is 5.08. The van der Waals surface area contributed by atoms with Crippen molar-refractivity contribution in [3.8, 4) is 11.5 Å². The summed E-state index contributed by atoms with van der Waals surface area (Å²) in [6, 6.07) is 5.18. The van der Waals surface area contributed by atoms with E-state index in [9.17, 15) is 0 Å². The minimum atomic E-state index is -0.0629. The maximum Gasteiger partial charge on any atom is 0.226 e. The Kier molecular flexibility index (Phi) is 5.69. The Bertz CT molecular complexity index is 738. The van der Waals surface area contributed by atoms with Gasteiger partial charge in [-0.2, -0.15) is 11.8 Å². The molecular formula is C15H21N7OS. The second kappa shape index (κ2) is 7.73.